The van der Waals surface area contributed by atoms with Crippen LogP contribution in [0.5, 0.6) is 5.75 Å². The van der Waals surface area contributed by atoms with Gasteiger partial charge in [-0.1, -0.05) is 12.5 Å². The summed E-state index contributed by atoms with van der Waals surface area (Å²) in [6.45, 7) is 0. The summed E-state index contributed by atoms with van der Waals surface area (Å²) >= 11 is 0. The minimum atomic E-state index is -0.627. The summed E-state index contributed by atoms with van der Waals surface area (Å²) in [6, 6.07) is 10.1. The van der Waals surface area contributed by atoms with Gasteiger partial charge < -0.3 is 15.4 Å². The molecule has 7 nitrogen and oxygen atoms in total. The molecule has 1 aliphatic carbocycles. The fourth-order valence-electron chi connectivity index (χ4n) is 4.14. The van der Waals surface area contributed by atoms with Crippen LogP contribution in [0.1, 0.15) is 36.2 Å². The highest BCUT2D eigenvalue weighted by Crippen LogP contribution is 2.33. The molecule has 0 saturated heterocycles. The van der Waals surface area contributed by atoms with Crippen molar-refractivity contribution in [2.75, 3.05) is 12.4 Å². The molecular weight excluding hydrogens is 442 g/mol. The Morgan fingerprint density at radius 2 is 1.91 bits per heavy atom. The fourth-order valence-corrected chi connectivity index (χ4v) is 4.14. The van der Waals surface area contributed by atoms with E-state index in [-0.39, 0.29) is 40.9 Å². The number of benzene rings is 1. The molecule has 9 heteroatoms. The second-order valence-electron chi connectivity index (χ2n) is 8.13. The van der Waals surface area contributed by atoms with Gasteiger partial charge in [0.2, 0.25) is 5.91 Å². The Kier molecular flexibility index (Phi) is 7.10. The Bertz CT molecular complexity index is 1190. The van der Waals surface area contributed by atoms with Gasteiger partial charge in [-0.3, -0.25) is 14.6 Å². The van der Waals surface area contributed by atoms with Crippen molar-refractivity contribution in [3.63, 3.8) is 0 Å². The van der Waals surface area contributed by atoms with Gasteiger partial charge in [0.1, 0.15) is 28.9 Å². The van der Waals surface area contributed by atoms with Crippen LogP contribution in [-0.4, -0.2) is 34.9 Å². The number of rotatable bonds is 6. The SMILES string of the molecule is COc1cc(F)ccc1-c1cc(NC(=O)C2CCCC(NC(=O)c3ccccn3)C2)ncc1F. The third-order valence-electron chi connectivity index (χ3n) is 5.84. The van der Waals surface area contributed by atoms with Gasteiger partial charge in [0.15, 0.2) is 0 Å². The van der Waals surface area contributed by atoms with E-state index in [4.69, 9.17) is 4.74 Å². The first-order chi connectivity index (χ1) is 16.4. The van der Waals surface area contributed by atoms with E-state index in [0.29, 0.717) is 24.1 Å². The first kappa shape index (κ1) is 23.3. The summed E-state index contributed by atoms with van der Waals surface area (Å²) in [7, 11) is 1.37. The molecule has 2 atom stereocenters. The number of nitrogens with zero attached hydrogens (tertiary/aromatic N) is 2. The molecule has 0 spiro atoms. The predicted octanol–water partition coefficient (Wildman–Crippen LogP) is 4.36. The van der Waals surface area contributed by atoms with E-state index in [0.717, 1.165) is 25.1 Å². The molecule has 4 rings (SSSR count). The Morgan fingerprint density at radius 3 is 2.68 bits per heavy atom. The van der Waals surface area contributed by atoms with E-state index >= 15 is 0 Å². The van der Waals surface area contributed by atoms with Gasteiger partial charge in [-0.2, -0.15) is 0 Å². The zero-order valence-corrected chi connectivity index (χ0v) is 18.6. The number of amides is 2. The molecule has 34 heavy (non-hydrogen) atoms. The molecule has 0 aliphatic heterocycles. The van der Waals surface area contributed by atoms with Crippen molar-refractivity contribution in [2.24, 2.45) is 5.92 Å². The molecule has 1 saturated carbocycles. The maximum Gasteiger partial charge on any atom is 0.270 e. The molecule has 2 heterocycles. The van der Waals surface area contributed by atoms with E-state index in [1.807, 2.05) is 0 Å². The average molecular weight is 466 g/mol. The lowest BCUT2D eigenvalue weighted by Gasteiger charge is -2.28. The first-order valence-electron chi connectivity index (χ1n) is 11.0. The van der Waals surface area contributed by atoms with Crippen LogP contribution in [-0.2, 0) is 4.79 Å². The van der Waals surface area contributed by atoms with Gasteiger partial charge in [0.05, 0.1) is 13.3 Å². The largest absolute Gasteiger partial charge is 0.496 e. The summed E-state index contributed by atoms with van der Waals surface area (Å²) in [5, 5.41) is 5.69. The van der Waals surface area contributed by atoms with Gasteiger partial charge in [0, 0.05) is 35.3 Å². The molecule has 1 aromatic carbocycles. The average Bonchev–Trinajstić information content (AvgIpc) is 2.86. The molecule has 176 valence electrons. The Balaban J connectivity index is 1.44. The van der Waals surface area contributed by atoms with E-state index in [1.165, 1.54) is 25.3 Å². The number of methoxy groups -OCH3 is 1. The highest BCUT2D eigenvalue weighted by molar-refractivity contribution is 5.93. The van der Waals surface area contributed by atoms with Gasteiger partial charge in [-0.05, 0) is 49.6 Å². The van der Waals surface area contributed by atoms with Crippen molar-refractivity contribution in [3.05, 3.63) is 72.2 Å². The molecule has 2 N–H and O–H groups in total. The number of hydrogen-bond donors (Lipinski definition) is 2. The Labute approximate surface area is 195 Å². The van der Waals surface area contributed by atoms with Crippen molar-refractivity contribution in [3.8, 4) is 16.9 Å². The van der Waals surface area contributed by atoms with E-state index in [1.54, 1.807) is 24.4 Å². The molecule has 2 aromatic heterocycles. The zero-order valence-electron chi connectivity index (χ0n) is 18.6. The predicted molar refractivity (Wildman–Crippen MR) is 122 cm³/mol. The van der Waals surface area contributed by atoms with Gasteiger partial charge in [-0.25, -0.2) is 13.8 Å². The number of aromatic nitrogens is 2. The van der Waals surface area contributed by atoms with Gasteiger partial charge in [0.25, 0.3) is 5.91 Å². The fraction of sp³-hybridized carbons (Fsp3) is 0.280. The summed E-state index contributed by atoms with van der Waals surface area (Å²) in [5.74, 6) is -1.66. The van der Waals surface area contributed by atoms with Crippen LogP contribution in [0.15, 0.2) is 54.9 Å². The minimum absolute atomic E-state index is 0.131. The number of carbonyl (C=O) groups is 2. The molecule has 2 unspecified atom stereocenters. The van der Waals surface area contributed by atoms with Crippen molar-refractivity contribution in [1.82, 2.24) is 15.3 Å². The maximum atomic E-state index is 14.5. The van der Waals surface area contributed by atoms with Gasteiger partial charge in [-0.15, -0.1) is 0 Å². The number of nitrogens with one attached hydrogen (secondary N) is 2. The summed E-state index contributed by atoms with van der Waals surface area (Å²) in [4.78, 5) is 33.4. The van der Waals surface area contributed by atoms with Crippen LogP contribution >= 0.6 is 0 Å². The molecule has 3 aromatic rings. The highest BCUT2D eigenvalue weighted by atomic mass is 19.1. The summed E-state index contributed by atoms with van der Waals surface area (Å²) < 4.78 is 33.2. The molecule has 1 aliphatic rings. The second kappa shape index (κ2) is 10.4. The topological polar surface area (TPSA) is 93.2 Å². The standard InChI is InChI=1S/C25H24F2N4O3/c1-34-22-12-16(26)8-9-18(22)19-13-23(29-14-20(19)27)31-24(32)15-5-4-6-17(11-15)30-25(33)21-7-2-3-10-28-21/h2-3,7-10,12-15,17H,4-6,11H2,1H3,(H,30,33)(H,29,31,32). The van der Waals surface area contributed by atoms with Crippen LogP contribution in [0.3, 0.4) is 0 Å². The lowest BCUT2D eigenvalue weighted by Crippen LogP contribution is -2.41. The third-order valence-corrected chi connectivity index (χ3v) is 5.84. The normalized spacial score (nSPS) is 17.6. The number of ether oxygens (including phenoxy) is 1. The van der Waals surface area contributed by atoms with Crippen molar-refractivity contribution in [1.29, 1.82) is 0 Å². The number of carbonyl (C=O) groups excluding carboxylic acids is 2. The molecule has 2 amide bonds. The van der Waals surface area contributed by atoms with Crippen molar-refractivity contribution in [2.45, 2.75) is 31.7 Å². The molecule has 0 radical (unpaired) electrons. The number of hydrogen-bond acceptors (Lipinski definition) is 5. The number of halogens is 2. The van der Waals surface area contributed by atoms with Crippen LogP contribution in [0, 0.1) is 17.6 Å². The Morgan fingerprint density at radius 1 is 1.06 bits per heavy atom. The smallest absolute Gasteiger partial charge is 0.270 e. The van der Waals surface area contributed by atoms with Gasteiger partial charge >= 0.3 is 0 Å². The summed E-state index contributed by atoms with van der Waals surface area (Å²) in [6.07, 6.45) is 5.25. The lowest BCUT2D eigenvalue weighted by atomic mass is 9.85. The zero-order chi connectivity index (χ0) is 24.1. The first-order valence-corrected chi connectivity index (χ1v) is 11.0. The van der Waals surface area contributed by atoms with Crippen LogP contribution < -0.4 is 15.4 Å². The lowest BCUT2D eigenvalue weighted by molar-refractivity contribution is -0.121. The van der Waals surface area contributed by atoms with Crippen molar-refractivity contribution >= 4 is 17.6 Å². The highest BCUT2D eigenvalue weighted by Gasteiger charge is 2.29. The van der Waals surface area contributed by atoms with E-state index in [2.05, 4.69) is 20.6 Å². The van der Waals surface area contributed by atoms with E-state index < -0.39 is 11.6 Å². The van der Waals surface area contributed by atoms with Crippen LogP contribution in [0.25, 0.3) is 11.1 Å². The second-order valence-corrected chi connectivity index (χ2v) is 8.13. The maximum absolute atomic E-state index is 14.5. The molecule has 1 fully saturated rings. The quantitative estimate of drug-likeness (QED) is 0.563. The number of pyridine rings is 2. The summed E-state index contributed by atoms with van der Waals surface area (Å²) in [5.41, 5.74) is 0.800. The monoisotopic (exact) mass is 466 g/mol. The van der Waals surface area contributed by atoms with Crippen LogP contribution in [0.2, 0.25) is 0 Å². The minimum Gasteiger partial charge on any atom is -0.496 e. The van der Waals surface area contributed by atoms with E-state index in [9.17, 15) is 18.4 Å². The Hall–Kier alpha value is -3.88. The van der Waals surface area contributed by atoms with Crippen LogP contribution in [0.4, 0.5) is 14.6 Å². The van der Waals surface area contributed by atoms with Crippen molar-refractivity contribution < 1.29 is 23.1 Å². The third kappa shape index (κ3) is 5.36. The number of anilines is 1. The molecular formula is C25H24F2N4O3. The molecule has 0 bridgehead atoms.